The second-order valence-corrected chi connectivity index (χ2v) is 13.9. The predicted molar refractivity (Wildman–Crippen MR) is 165 cm³/mol. The number of ether oxygens (including phenoxy) is 1. The Hall–Kier alpha value is -2.07. The first-order chi connectivity index (χ1) is 19.0. The van der Waals surface area contributed by atoms with Crippen LogP contribution in [0.3, 0.4) is 0 Å². The van der Waals surface area contributed by atoms with Gasteiger partial charge >= 0.3 is 0 Å². The molecule has 1 aliphatic heterocycles. The van der Waals surface area contributed by atoms with E-state index in [2.05, 4.69) is 25.2 Å². The minimum Gasteiger partial charge on any atom is -0.381 e. The normalized spacial score (nSPS) is 14.2. The van der Waals surface area contributed by atoms with Crippen molar-refractivity contribution in [2.45, 2.75) is 55.7 Å². The van der Waals surface area contributed by atoms with E-state index in [1.165, 1.54) is 66.1 Å². The second-order valence-electron chi connectivity index (χ2n) is 8.63. The molecule has 1 saturated heterocycles. The van der Waals surface area contributed by atoms with Gasteiger partial charge in [0.1, 0.15) is 0 Å². The Morgan fingerprint density at radius 1 is 0.800 bits per heavy atom. The van der Waals surface area contributed by atoms with Crippen molar-refractivity contribution in [1.82, 2.24) is 3.97 Å². The van der Waals surface area contributed by atoms with Crippen molar-refractivity contribution in [1.29, 1.82) is 0 Å². The minimum atomic E-state index is -3.61. The zero-order valence-corrected chi connectivity index (χ0v) is 26.4. The lowest BCUT2D eigenvalue weighted by atomic mass is 10.2. The summed E-state index contributed by atoms with van der Waals surface area (Å²) in [6.07, 6.45) is 13.7. The molecule has 1 fully saturated rings. The molecule has 6 nitrogen and oxygen atoms in total. The fourth-order valence-corrected chi connectivity index (χ4v) is 5.95. The molecule has 0 amide bonds. The van der Waals surface area contributed by atoms with Crippen molar-refractivity contribution in [2.24, 2.45) is 0 Å². The van der Waals surface area contributed by atoms with Crippen molar-refractivity contribution in [3.63, 3.8) is 0 Å². The molecule has 0 atom stereocenters. The Balaban J connectivity index is 0.000000207. The standard InChI is InChI=1S/C12H12ClNO2S.C7H10.C6H4Cl2O2S.C4H8O/c1-2-11-4-3-9-14(11)17(15,16)12-7-5-10(13)6-8-12;1-2-7-5-3-4-6-7;7-5-1-3-6(4-2-5)11(8,9)10;1-2-4-5-3-1/h3-9H,2H2,1H3;3-5H,2,6H2,1H3;1-4H;1-4H2. The second kappa shape index (κ2) is 17.0. The number of aromatic nitrogens is 1. The molecular weight excluding hydrogens is 613 g/mol. The molecule has 2 heterocycles. The van der Waals surface area contributed by atoms with E-state index in [4.69, 9.17) is 38.6 Å². The third kappa shape index (κ3) is 11.4. The number of hydrogen-bond acceptors (Lipinski definition) is 5. The lowest BCUT2D eigenvalue weighted by Gasteiger charge is -2.09. The van der Waals surface area contributed by atoms with E-state index in [1.54, 1.807) is 36.0 Å². The van der Waals surface area contributed by atoms with Crippen molar-refractivity contribution in [3.8, 4) is 0 Å². The molecule has 11 heteroatoms. The molecule has 40 heavy (non-hydrogen) atoms. The van der Waals surface area contributed by atoms with Gasteiger partial charge in [-0.1, -0.05) is 60.9 Å². The van der Waals surface area contributed by atoms with Gasteiger partial charge < -0.3 is 4.74 Å². The summed E-state index contributed by atoms with van der Waals surface area (Å²) in [4.78, 5) is 0.302. The maximum Gasteiger partial charge on any atom is 0.267 e. The zero-order chi connectivity index (χ0) is 29.6. The van der Waals surface area contributed by atoms with E-state index in [0.29, 0.717) is 16.5 Å². The molecule has 0 spiro atoms. The van der Waals surface area contributed by atoms with Gasteiger partial charge in [-0.05, 0) is 92.8 Å². The number of halogens is 3. The fourth-order valence-electron chi connectivity index (χ4n) is 3.49. The van der Waals surface area contributed by atoms with Crippen LogP contribution < -0.4 is 0 Å². The Labute approximate surface area is 252 Å². The molecule has 0 radical (unpaired) electrons. The molecule has 218 valence electrons. The first-order valence-corrected chi connectivity index (χ1v) is 17.3. The topological polar surface area (TPSA) is 82.4 Å². The molecule has 0 bridgehead atoms. The van der Waals surface area contributed by atoms with Gasteiger partial charge in [-0.3, -0.25) is 0 Å². The predicted octanol–water partition coefficient (Wildman–Crippen LogP) is 8.29. The van der Waals surface area contributed by atoms with Crippen LogP contribution in [-0.2, 0) is 30.2 Å². The van der Waals surface area contributed by atoms with Crippen molar-refractivity contribution >= 4 is 53.0 Å². The molecule has 0 unspecified atom stereocenters. The molecular formula is C29H34Cl3NO5S2. The first-order valence-electron chi connectivity index (χ1n) is 12.8. The molecule has 1 aromatic heterocycles. The van der Waals surface area contributed by atoms with Gasteiger partial charge in [0, 0.05) is 45.8 Å². The SMILES string of the molecule is C1CCOC1.CCC1=CC=CC1.CCc1cccn1S(=O)(=O)c1ccc(Cl)cc1.O=S(=O)(Cl)c1ccc(Cl)cc1. The maximum absolute atomic E-state index is 12.3. The summed E-state index contributed by atoms with van der Waals surface area (Å²) < 4.78 is 52.2. The van der Waals surface area contributed by atoms with Crippen LogP contribution in [0.25, 0.3) is 0 Å². The van der Waals surface area contributed by atoms with Gasteiger partial charge in [0.15, 0.2) is 0 Å². The Morgan fingerprint density at radius 2 is 1.35 bits per heavy atom. The number of hydrogen-bond donors (Lipinski definition) is 0. The van der Waals surface area contributed by atoms with Gasteiger partial charge in [0.2, 0.25) is 0 Å². The quantitative estimate of drug-likeness (QED) is 0.261. The van der Waals surface area contributed by atoms with Crippen LogP contribution in [0.1, 0.15) is 45.2 Å². The molecule has 2 aromatic carbocycles. The smallest absolute Gasteiger partial charge is 0.267 e. The van der Waals surface area contributed by atoms with E-state index in [-0.39, 0.29) is 9.79 Å². The summed E-state index contributed by atoms with van der Waals surface area (Å²) in [5, 5.41) is 1.00. The van der Waals surface area contributed by atoms with Crippen molar-refractivity contribution in [3.05, 3.63) is 106 Å². The minimum absolute atomic E-state index is 0.0589. The number of rotatable bonds is 5. The van der Waals surface area contributed by atoms with Gasteiger partial charge in [-0.2, -0.15) is 0 Å². The highest BCUT2D eigenvalue weighted by Crippen LogP contribution is 2.19. The summed E-state index contributed by atoms with van der Waals surface area (Å²) in [5.74, 6) is 0. The van der Waals surface area contributed by atoms with Crippen molar-refractivity contribution < 1.29 is 21.6 Å². The van der Waals surface area contributed by atoms with Gasteiger partial charge in [-0.15, -0.1) is 0 Å². The van der Waals surface area contributed by atoms with Crippen LogP contribution in [0, 0.1) is 0 Å². The third-order valence-electron chi connectivity index (χ3n) is 5.75. The summed E-state index contributed by atoms with van der Waals surface area (Å²) in [6.45, 7) is 6.11. The number of benzene rings is 2. The van der Waals surface area contributed by atoms with Crippen LogP contribution >= 0.6 is 33.9 Å². The number of aryl methyl sites for hydroxylation is 1. The third-order valence-corrected chi connectivity index (χ3v) is 9.37. The van der Waals surface area contributed by atoms with Gasteiger partial charge in [0.05, 0.1) is 9.79 Å². The summed E-state index contributed by atoms with van der Waals surface area (Å²) in [7, 11) is -2.06. The molecule has 2 aliphatic rings. The van der Waals surface area contributed by atoms with Crippen LogP contribution in [0.4, 0.5) is 0 Å². The van der Waals surface area contributed by atoms with Gasteiger partial charge in [-0.25, -0.2) is 20.8 Å². The summed E-state index contributed by atoms with van der Waals surface area (Å²) in [6, 6.07) is 15.3. The Bertz CT molecular complexity index is 1450. The van der Waals surface area contributed by atoms with E-state index >= 15 is 0 Å². The average Bonchev–Trinajstić information content (AvgIpc) is 3.73. The zero-order valence-electron chi connectivity index (χ0n) is 22.5. The van der Waals surface area contributed by atoms with Crippen LogP contribution in [0.2, 0.25) is 10.0 Å². The van der Waals surface area contributed by atoms with E-state index in [0.717, 1.165) is 18.9 Å². The highest BCUT2D eigenvalue weighted by Gasteiger charge is 2.18. The highest BCUT2D eigenvalue weighted by atomic mass is 35.7. The van der Waals surface area contributed by atoms with Crippen molar-refractivity contribution in [2.75, 3.05) is 13.2 Å². The molecule has 1 aliphatic carbocycles. The first kappa shape index (κ1) is 34.1. The molecule has 0 N–H and O–H groups in total. The van der Waals surface area contributed by atoms with Crippen LogP contribution in [-0.4, -0.2) is 34.0 Å². The Morgan fingerprint density at radius 3 is 1.73 bits per heavy atom. The summed E-state index contributed by atoms with van der Waals surface area (Å²) in [5.41, 5.74) is 2.32. The average molecular weight is 647 g/mol. The number of nitrogens with zero attached hydrogens (tertiary/aromatic N) is 1. The Kier molecular flexibility index (Phi) is 14.5. The summed E-state index contributed by atoms with van der Waals surface area (Å²) >= 11 is 11.3. The van der Waals surface area contributed by atoms with Crippen LogP contribution in [0.15, 0.2) is 100 Å². The van der Waals surface area contributed by atoms with Gasteiger partial charge in [0.25, 0.3) is 19.1 Å². The molecule has 3 aromatic rings. The largest absolute Gasteiger partial charge is 0.381 e. The monoisotopic (exact) mass is 645 g/mol. The lowest BCUT2D eigenvalue weighted by molar-refractivity contribution is 0.198. The van der Waals surface area contributed by atoms with E-state index in [1.807, 2.05) is 6.92 Å². The van der Waals surface area contributed by atoms with E-state index < -0.39 is 19.1 Å². The highest BCUT2D eigenvalue weighted by molar-refractivity contribution is 8.13. The maximum atomic E-state index is 12.3. The van der Waals surface area contributed by atoms with Crippen LogP contribution in [0.5, 0.6) is 0 Å². The lowest BCUT2D eigenvalue weighted by Crippen LogP contribution is -2.14. The number of allylic oxidation sites excluding steroid dienone is 4. The molecule has 0 saturated carbocycles. The molecule has 5 rings (SSSR count). The van der Waals surface area contributed by atoms with E-state index in [9.17, 15) is 16.8 Å². The fraction of sp³-hybridized carbons (Fsp3) is 0.310.